The van der Waals surface area contributed by atoms with Crippen LogP contribution in [0.2, 0.25) is 5.02 Å². The number of rotatable bonds is 4. The molecule has 146 valence electrons. The summed E-state index contributed by atoms with van der Waals surface area (Å²) in [7, 11) is 3.44. The van der Waals surface area contributed by atoms with Crippen molar-refractivity contribution in [1.82, 2.24) is 10.2 Å². The minimum Gasteiger partial charge on any atom is -0.395 e. The Balaban J connectivity index is 2.09. The van der Waals surface area contributed by atoms with Gasteiger partial charge in [-0.1, -0.05) is 41.9 Å². The van der Waals surface area contributed by atoms with E-state index >= 15 is 0 Å². The summed E-state index contributed by atoms with van der Waals surface area (Å²) in [5.41, 5.74) is 3.01. The molecule has 0 aromatic heterocycles. The number of aliphatic hydroxyl groups excluding tert-OH is 1. The molecule has 0 saturated carbocycles. The smallest absolute Gasteiger partial charge is 0.272 e. The maximum atomic E-state index is 13.1. The number of fused-ring (bicyclic) bond motifs is 1. The van der Waals surface area contributed by atoms with Gasteiger partial charge in [-0.05, 0) is 30.4 Å². The number of nitrogens with zero attached hydrogens (tertiary/aromatic N) is 3. The number of hydrogen-bond donors (Lipinski definition) is 2. The van der Waals surface area contributed by atoms with Crippen molar-refractivity contribution in [3.05, 3.63) is 64.7 Å². The van der Waals surface area contributed by atoms with Gasteiger partial charge in [-0.25, -0.2) is 4.99 Å². The second-order valence-electron chi connectivity index (χ2n) is 6.40. The van der Waals surface area contributed by atoms with E-state index < -0.39 is 6.17 Å². The molecule has 1 atom stereocenters. The molecule has 3 rings (SSSR count). The van der Waals surface area contributed by atoms with E-state index in [1.807, 2.05) is 42.5 Å². The van der Waals surface area contributed by atoms with Crippen LogP contribution in [0.25, 0.3) is 0 Å². The van der Waals surface area contributed by atoms with Gasteiger partial charge in [0, 0.05) is 36.8 Å². The van der Waals surface area contributed by atoms with Crippen LogP contribution in [-0.4, -0.2) is 60.2 Å². The molecule has 0 bridgehead atoms. The molecule has 2 aromatic rings. The maximum Gasteiger partial charge on any atom is 0.272 e. The second kappa shape index (κ2) is 8.68. The number of likely N-dealkylation sites (N-methyl/N-ethyl adjacent to an activating group) is 2. The van der Waals surface area contributed by atoms with Crippen LogP contribution in [0.1, 0.15) is 11.1 Å². The molecular weight excluding hydrogens is 396 g/mol. The van der Waals surface area contributed by atoms with Gasteiger partial charge in [-0.2, -0.15) is 0 Å². The molecular formula is C20H21ClN4O2S. The van der Waals surface area contributed by atoms with Crippen LogP contribution in [0.4, 0.5) is 5.69 Å². The van der Waals surface area contributed by atoms with Gasteiger partial charge >= 0.3 is 0 Å². The first-order valence-electron chi connectivity index (χ1n) is 8.75. The first-order chi connectivity index (χ1) is 13.4. The average molecular weight is 417 g/mol. The topological polar surface area (TPSA) is 68.2 Å². The summed E-state index contributed by atoms with van der Waals surface area (Å²) in [5, 5.41) is 13.0. The predicted molar refractivity (Wildman–Crippen MR) is 116 cm³/mol. The lowest BCUT2D eigenvalue weighted by molar-refractivity contribution is -0.119. The number of aliphatic imine (C=N–C) groups is 1. The van der Waals surface area contributed by atoms with E-state index in [-0.39, 0.29) is 12.5 Å². The zero-order valence-electron chi connectivity index (χ0n) is 15.6. The summed E-state index contributed by atoms with van der Waals surface area (Å²) in [6.45, 7) is 0.312. The zero-order chi connectivity index (χ0) is 20.3. The predicted octanol–water partition coefficient (Wildman–Crippen LogP) is 2.28. The number of benzodiazepines with no additional fused rings is 1. The molecule has 2 aromatic carbocycles. The van der Waals surface area contributed by atoms with E-state index in [0.29, 0.717) is 22.4 Å². The Hall–Kier alpha value is -2.48. The summed E-state index contributed by atoms with van der Waals surface area (Å²) in [4.78, 5) is 21.0. The fourth-order valence-corrected chi connectivity index (χ4v) is 3.32. The lowest BCUT2D eigenvalue weighted by atomic mass is 10.0. The van der Waals surface area contributed by atoms with Gasteiger partial charge in [0.25, 0.3) is 5.91 Å². The number of aliphatic hydroxyl groups is 1. The SMILES string of the molecule is CN(CCO)C(=S)NC1N=C(c2ccccc2)c2cc(Cl)ccc2N(C)C1=O. The van der Waals surface area contributed by atoms with Crippen molar-refractivity contribution in [1.29, 1.82) is 0 Å². The summed E-state index contributed by atoms with van der Waals surface area (Å²) < 4.78 is 0. The minimum atomic E-state index is -0.903. The molecule has 0 aliphatic carbocycles. The highest BCUT2D eigenvalue weighted by molar-refractivity contribution is 7.80. The molecule has 2 N–H and O–H groups in total. The molecule has 6 nitrogen and oxygen atoms in total. The second-order valence-corrected chi connectivity index (χ2v) is 7.22. The molecule has 0 fully saturated rings. The lowest BCUT2D eigenvalue weighted by Crippen LogP contribution is -2.50. The fraction of sp³-hybridized carbons (Fsp3) is 0.250. The number of carbonyl (C=O) groups excluding carboxylic acids is 1. The monoisotopic (exact) mass is 416 g/mol. The zero-order valence-corrected chi connectivity index (χ0v) is 17.2. The number of anilines is 1. The molecule has 28 heavy (non-hydrogen) atoms. The molecule has 1 heterocycles. The van der Waals surface area contributed by atoms with Crippen molar-refractivity contribution in [3.63, 3.8) is 0 Å². The largest absolute Gasteiger partial charge is 0.395 e. The van der Waals surface area contributed by atoms with Crippen molar-refractivity contribution in [3.8, 4) is 0 Å². The van der Waals surface area contributed by atoms with E-state index in [2.05, 4.69) is 5.32 Å². The van der Waals surface area contributed by atoms with Gasteiger partial charge in [-0.3, -0.25) is 4.79 Å². The molecule has 1 unspecified atom stereocenters. The molecule has 0 spiro atoms. The van der Waals surface area contributed by atoms with E-state index in [1.165, 1.54) is 0 Å². The standard InChI is InChI=1S/C20H21ClN4O2S/c1-24(10-11-26)20(28)23-18-19(27)25(2)16-9-8-14(21)12-15(16)17(22-18)13-6-4-3-5-7-13/h3-9,12,18,26H,10-11H2,1-2H3,(H,23,28). The summed E-state index contributed by atoms with van der Waals surface area (Å²) >= 11 is 11.6. The van der Waals surface area contributed by atoms with Gasteiger partial charge in [0.05, 0.1) is 18.0 Å². The number of halogens is 1. The van der Waals surface area contributed by atoms with Crippen LogP contribution >= 0.6 is 23.8 Å². The molecule has 8 heteroatoms. The Labute approximate surface area is 174 Å². The Morgan fingerprint density at radius 2 is 2.04 bits per heavy atom. The van der Waals surface area contributed by atoms with Crippen molar-refractivity contribution >= 4 is 46.2 Å². The number of hydrogen-bond acceptors (Lipinski definition) is 4. The highest BCUT2D eigenvalue weighted by Crippen LogP contribution is 2.29. The molecule has 1 aliphatic rings. The van der Waals surface area contributed by atoms with Crippen LogP contribution in [0, 0.1) is 0 Å². The Bertz CT molecular complexity index is 920. The van der Waals surface area contributed by atoms with Crippen molar-refractivity contribution in [2.75, 3.05) is 32.1 Å². The first-order valence-corrected chi connectivity index (χ1v) is 9.54. The Morgan fingerprint density at radius 1 is 1.32 bits per heavy atom. The first kappa shape index (κ1) is 20.3. The number of benzene rings is 2. The van der Waals surface area contributed by atoms with Gasteiger partial charge in [-0.15, -0.1) is 0 Å². The van der Waals surface area contributed by atoms with Crippen LogP contribution in [0.15, 0.2) is 53.5 Å². The number of amides is 1. The molecule has 1 aliphatic heterocycles. The number of nitrogens with one attached hydrogen (secondary N) is 1. The van der Waals surface area contributed by atoms with Crippen LogP contribution in [0.3, 0.4) is 0 Å². The van der Waals surface area contributed by atoms with Gasteiger partial charge in [0.15, 0.2) is 5.11 Å². The number of carbonyl (C=O) groups is 1. The van der Waals surface area contributed by atoms with Crippen molar-refractivity contribution < 1.29 is 9.90 Å². The van der Waals surface area contributed by atoms with Crippen LogP contribution in [0.5, 0.6) is 0 Å². The normalized spacial score (nSPS) is 16.1. The molecule has 1 amide bonds. The third-order valence-corrected chi connectivity index (χ3v) is 5.15. The van der Waals surface area contributed by atoms with Gasteiger partial charge < -0.3 is 20.2 Å². The summed E-state index contributed by atoms with van der Waals surface area (Å²) in [5.74, 6) is -0.241. The highest BCUT2D eigenvalue weighted by Gasteiger charge is 2.31. The van der Waals surface area contributed by atoms with Crippen molar-refractivity contribution in [2.24, 2.45) is 4.99 Å². The van der Waals surface area contributed by atoms with E-state index in [0.717, 1.165) is 16.8 Å². The van der Waals surface area contributed by atoms with Crippen LogP contribution in [-0.2, 0) is 4.79 Å². The lowest BCUT2D eigenvalue weighted by Gasteiger charge is -2.25. The Kier molecular flexibility index (Phi) is 6.28. The maximum absolute atomic E-state index is 13.1. The average Bonchev–Trinajstić information content (AvgIpc) is 2.79. The van der Waals surface area contributed by atoms with E-state index in [1.54, 1.807) is 30.0 Å². The third kappa shape index (κ3) is 4.16. The fourth-order valence-electron chi connectivity index (χ4n) is 2.95. The number of thiocarbonyl (C=S) groups is 1. The van der Waals surface area contributed by atoms with E-state index in [9.17, 15) is 4.79 Å². The Morgan fingerprint density at radius 3 is 2.71 bits per heavy atom. The molecule has 0 saturated heterocycles. The minimum absolute atomic E-state index is 0.0424. The van der Waals surface area contributed by atoms with Gasteiger partial charge in [0.2, 0.25) is 6.17 Å². The summed E-state index contributed by atoms with van der Waals surface area (Å²) in [6.07, 6.45) is -0.903. The van der Waals surface area contributed by atoms with Gasteiger partial charge in [0.1, 0.15) is 0 Å². The quantitative estimate of drug-likeness (QED) is 0.748. The van der Waals surface area contributed by atoms with Crippen molar-refractivity contribution in [2.45, 2.75) is 6.17 Å². The van der Waals surface area contributed by atoms with E-state index in [4.69, 9.17) is 33.9 Å². The highest BCUT2D eigenvalue weighted by atomic mass is 35.5. The van der Waals surface area contributed by atoms with Crippen LogP contribution < -0.4 is 10.2 Å². The third-order valence-electron chi connectivity index (χ3n) is 4.49. The molecule has 0 radical (unpaired) electrons. The summed E-state index contributed by atoms with van der Waals surface area (Å²) in [6, 6.07) is 15.0.